The molecule has 0 heterocycles. The summed E-state index contributed by atoms with van der Waals surface area (Å²) in [7, 11) is 1.22. The molecule has 3 rings (SSSR count). The molecule has 0 spiro atoms. The van der Waals surface area contributed by atoms with Crippen molar-refractivity contribution in [2.75, 3.05) is 30.9 Å². The molecule has 180 valence electrons. The zero-order valence-corrected chi connectivity index (χ0v) is 18.7. The third kappa shape index (κ3) is 7.13. The van der Waals surface area contributed by atoms with Crippen LogP contribution in [0.4, 0.5) is 15.8 Å². The summed E-state index contributed by atoms with van der Waals surface area (Å²) in [5, 5.41) is 7.50. The van der Waals surface area contributed by atoms with E-state index in [1.807, 2.05) is 0 Å². The molecular formula is C25H22FN3O6. The Bertz CT molecular complexity index is 1230. The topological polar surface area (TPSA) is 123 Å². The first-order valence-corrected chi connectivity index (χ1v) is 10.4. The molecule has 0 aliphatic rings. The van der Waals surface area contributed by atoms with Gasteiger partial charge in [0.15, 0.2) is 6.61 Å². The van der Waals surface area contributed by atoms with E-state index in [1.54, 1.807) is 18.2 Å². The molecule has 0 bridgehead atoms. The van der Waals surface area contributed by atoms with Crippen LogP contribution in [0, 0.1) is 5.82 Å². The maximum absolute atomic E-state index is 13.7. The normalized spacial score (nSPS) is 10.1. The van der Waals surface area contributed by atoms with E-state index < -0.39 is 36.1 Å². The van der Waals surface area contributed by atoms with Crippen molar-refractivity contribution < 1.29 is 33.0 Å². The summed E-state index contributed by atoms with van der Waals surface area (Å²) in [5.41, 5.74) is 0.892. The Kier molecular flexibility index (Phi) is 8.49. The second kappa shape index (κ2) is 11.9. The number of rotatable bonds is 9. The zero-order valence-electron chi connectivity index (χ0n) is 18.7. The first-order chi connectivity index (χ1) is 16.9. The Balaban J connectivity index is 1.59. The third-order valence-electron chi connectivity index (χ3n) is 4.66. The maximum atomic E-state index is 13.7. The van der Waals surface area contributed by atoms with E-state index in [-0.39, 0.29) is 29.1 Å². The van der Waals surface area contributed by atoms with Crippen LogP contribution in [0.25, 0.3) is 0 Å². The highest BCUT2D eigenvalue weighted by atomic mass is 19.1. The molecule has 3 N–H and O–H groups in total. The summed E-state index contributed by atoms with van der Waals surface area (Å²) in [5.74, 6) is -2.56. The Morgan fingerprint density at radius 1 is 0.829 bits per heavy atom. The highest BCUT2D eigenvalue weighted by molar-refractivity contribution is 6.06. The average Bonchev–Trinajstić information content (AvgIpc) is 2.87. The Labute approximate surface area is 200 Å². The van der Waals surface area contributed by atoms with E-state index >= 15 is 0 Å². The molecule has 10 heteroatoms. The molecule has 0 aliphatic carbocycles. The van der Waals surface area contributed by atoms with Gasteiger partial charge in [0.1, 0.15) is 18.1 Å². The molecular weight excluding hydrogens is 457 g/mol. The number of amides is 3. The van der Waals surface area contributed by atoms with E-state index in [2.05, 4.69) is 20.7 Å². The number of ether oxygens (including phenoxy) is 2. The highest BCUT2D eigenvalue weighted by Crippen LogP contribution is 2.20. The van der Waals surface area contributed by atoms with Crippen molar-refractivity contribution in [3.63, 3.8) is 0 Å². The van der Waals surface area contributed by atoms with E-state index in [0.717, 1.165) is 0 Å². The molecule has 0 radical (unpaired) electrons. The molecule has 9 nitrogen and oxygen atoms in total. The van der Waals surface area contributed by atoms with Gasteiger partial charge in [-0.25, -0.2) is 4.39 Å². The molecule has 0 atom stereocenters. The molecule has 0 saturated heterocycles. The zero-order chi connectivity index (χ0) is 25.2. The standard InChI is InChI=1S/C25H22FN3O6/c1-34-23(31)14-27-24(32)16-10-12-17(13-11-16)28-25(33)18-6-2-5-9-21(18)35-15-22(30)29-20-8-4-3-7-19(20)26/h2-13H,14-15H2,1H3,(H,27,32)(H,28,33)(H,29,30). The van der Waals surface area contributed by atoms with Gasteiger partial charge < -0.3 is 25.4 Å². The van der Waals surface area contributed by atoms with Crippen molar-refractivity contribution in [2.45, 2.75) is 0 Å². The number of anilines is 2. The van der Waals surface area contributed by atoms with Gasteiger partial charge in [-0.2, -0.15) is 0 Å². The van der Waals surface area contributed by atoms with Gasteiger partial charge in [-0.3, -0.25) is 19.2 Å². The predicted octanol–water partition coefficient (Wildman–Crippen LogP) is 3.00. The lowest BCUT2D eigenvalue weighted by molar-refractivity contribution is -0.139. The van der Waals surface area contributed by atoms with Crippen LogP contribution < -0.4 is 20.7 Å². The average molecular weight is 479 g/mol. The van der Waals surface area contributed by atoms with E-state index in [1.165, 1.54) is 61.7 Å². The number of halogens is 1. The Morgan fingerprint density at radius 2 is 1.51 bits per heavy atom. The van der Waals surface area contributed by atoms with Gasteiger partial charge in [0.05, 0.1) is 18.4 Å². The molecule has 0 fully saturated rings. The molecule has 0 aliphatic heterocycles. The third-order valence-corrected chi connectivity index (χ3v) is 4.66. The maximum Gasteiger partial charge on any atom is 0.325 e. The lowest BCUT2D eigenvalue weighted by Crippen LogP contribution is -2.30. The molecule has 0 saturated carbocycles. The quantitative estimate of drug-likeness (QED) is 0.406. The number of para-hydroxylation sites is 2. The van der Waals surface area contributed by atoms with Crippen LogP contribution >= 0.6 is 0 Å². The lowest BCUT2D eigenvalue weighted by atomic mass is 10.1. The molecule has 3 aromatic rings. The first-order valence-electron chi connectivity index (χ1n) is 10.4. The Morgan fingerprint density at radius 3 is 2.23 bits per heavy atom. The van der Waals surface area contributed by atoms with E-state index in [0.29, 0.717) is 5.69 Å². The summed E-state index contributed by atoms with van der Waals surface area (Å²) < 4.78 is 23.6. The fraction of sp³-hybridized carbons (Fsp3) is 0.120. The Hall–Kier alpha value is -4.73. The monoisotopic (exact) mass is 479 g/mol. The van der Waals surface area contributed by atoms with Crippen molar-refractivity contribution in [1.82, 2.24) is 5.32 Å². The molecule has 3 aromatic carbocycles. The number of nitrogens with one attached hydrogen (secondary N) is 3. The molecule has 0 unspecified atom stereocenters. The first kappa shape index (κ1) is 24.9. The van der Waals surface area contributed by atoms with Crippen LogP contribution in [0.2, 0.25) is 0 Å². The minimum absolute atomic E-state index is 0.0227. The van der Waals surface area contributed by atoms with E-state index in [4.69, 9.17) is 4.74 Å². The van der Waals surface area contributed by atoms with Crippen LogP contribution in [-0.2, 0) is 14.3 Å². The largest absolute Gasteiger partial charge is 0.483 e. The van der Waals surface area contributed by atoms with Gasteiger partial charge in [0.25, 0.3) is 17.7 Å². The number of hydrogen-bond donors (Lipinski definition) is 3. The lowest BCUT2D eigenvalue weighted by Gasteiger charge is -2.12. The minimum Gasteiger partial charge on any atom is -0.483 e. The molecule has 35 heavy (non-hydrogen) atoms. The number of hydrogen-bond acceptors (Lipinski definition) is 6. The van der Waals surface area contributed by atoms with Gasteiger partial charge in [-0.1, -0.05) is 24.3 Å². The molecule has 3 amide bonds. The van der Waals surface area contributed by atoms with Gasteiger partial charge in [0, 0.05) is 11.3 Å². The second-order valence-electron chi connectivity index (χ2n) is 7.10. The van der Waals surface area contributed by atoms with Crippen LogP contribution in [0.1, 0.15) is 20.7 Å². The van der Waals surface area contributed by atoms with Crippen LogP contribution in [0.3, 0.4) is 0 Å². The number of methoxy groups -OCH3 is 1. The van der Waals surface area contributed by atoms with Gasteiger partial charge in [0.2, 0.25) is 0 Å². The second-order valence-corrected chi connectivity index (χ2v) is 7.10. The van der Waals surface area contributed by atoms with Crippen molar-refractivity contribution >= 4 is 35.1 Å². The van der Waals surface area contributed by atoms with Crippen LogP contribution in [0.15, 0.2) is 72.8 Å². The SMILES string of the molecule is COC(=O)CNC(=O)c1ccc(NC(=O)c2ccccc2OCC(=O)Nc2ccccc2F)cc1. The number of benzene rings is 3. The highest BCUT2D eigenvalue weighted by Gasteiger charge is 2.15. The van der Waals surface area contributed by atoms with Crippen molar-refractivity contribution in [1.29, 1.82) is 0 Å². The summed E-state index contributed by atoms with van der Waals surface area (Å²) in [6.45, 7) is -0.697. The van der Waals surface area contributed by atoms with Crippen LogP contribution in [0.5, 0.6) is 5.75 Å². The van der Waals surface area contributed by atoms with Crippen molar-refractivity contribution in [2.24, 2.45) is 0 Å². The van der Waals surface area contributed by atoms with Crippen LogP contribution in [-0.4, -0.2) is 44.0 Å². The van der Waals surface area contributed by atoms with Gasteiger partial charge in [-0.15, -0.1) is 0 Å². The smallest absolute Gasteiger partial charge is 0.325 e. The summed E-state index contributed by atoms with van der Waals surface area (Å²) in [6, 6.07) is 18.1. The summed E-state index contributed by atoms with van der Waals surface area (Å²) in [6.07, 6.45) is 0. The van der Waals surface area contributed by atoms with E-state index in [9.17, 15) is 23.6 Å². The van der Waals surface area contributed by atoms with Gasteiger partial charge in [-0.05, 0) is 48.5 Å². The fourth-order valence-electron chi connectivity index (χ4n) is 2.90. The number of esters is 1. The summed E-state index contributed by atoms with van der Waals surface area (Å²) in [4.78, 5) is 48.1. The number of carbonyl (C=O) groups is 4. The van der Waals surface area contributed by atoms with Crippen molar-refractivity contribution in [3.05, 3.63) is 89.7 Å². The molecule has 0 aromatic heterocycles. The van der Waals surface area contributed by atoms with Gasteiger partial charge >= 0.3 is 5.97 Å². The summed E-state index contributed by atoms with van der Waals surface area (Å²) >= 11 is 0. The van der Waals surface area contributed by atoms with Crippen molar-refractivity contribution in [3.8, 4) is 5.75 Å². The fourth-order valence-corrected chi connectivity index (χ4v) is 2.90. The number of carbonyl (C=O) groups excluding carboxylic acids is 4. The minimum atomic E-state index is -0.591. The predicted molar refractivity (Wildman–Crippen MR) is 126 cm³/mol.